The second-order valence-corrected chi connectivity index (χ2v) is 1.32. The number of esters is 1. The molecular formula is C5H6F2O2. The van der Waals surface area contributed by atoms with Gasteiger partial charge in [0.25, 0.3) is 6.43 Å². The number of hydrogen-bond donors (Lipinski definition) is 0. The van der Waals surface area contributed by atoms with Gasteiger partial charge in [-0.3, -0.25) is 0 Å². The quantitative estimate of drug-likeness (QED) is 0.417. The summed E-state index contributed by atoms with van der Waals surface area (Å²) in [6.45, 7) is 2.80. The molecule has 4 heteroatoms. The van der Waals surface area contributed by atoms with Crippen LogP contribution in [-0.4, -0.2) is 19.5 Å². The number of ether oxygens (including phenoxy) is 1. The maximum atomic E-state index is 11.5. The summed E-state index contributed by atoms with van der Waals surface area (Å²) in [6, 6.07) is 0. The van der Waals surface area contributed by atoms with Crippen LogP contribution in [-0.2, 0) is 9.53 Å². The van der Waals surface area contributed by atoms with E-state index in [4.69, 9.17) is 0 Å². The van der Waals surface area contributed by atoms with Gasteiger partial charge in [-0.1, -0.05) is 6.58 Å². The van der Waals surface area contributed by atoms with E-state index >= 15 is 0 Å². The Hall–Kier alpha value is -0.930. The predicted octanol–water partition coefficient (Wildman–Crippen LogP) is 0.981. The summed E-state index contributed by atoms with van der Waals surface area (Å²) < 4.78 is 26.9. The number of halogens is 2. The van der Waals surface area contributed by atoms with Gasteiger partial charge in [-0.05, 0) is 0 Å². The maximum absolute atomic E-state index is 11.5. The first kappa shape index (κ1) is 8.07. The van der Waals surface area contributed by atoms with Crippen molar-refractivity contribution in [1.82, 2.24) is 0 Å². The van der Waals surface area contributed by atoms with Crippen molar-refractivity contribution in [3.05, 3.63) is 12.2 Å². The highest BCUT2D eigenvalue weighted by atomic mass is 19.3. The third kappa shape index (κ3) is 2.21. The summed E-state index contributed by atoms with van der Waals surface area (Å²) in [5, 5.41) is 0. The Balaban J connectivity index is 3.89. The van der Waals surface area contributed by atoms with Gasteiger partial charge in [-0.15, -0.1) is 0 Å². The van der Waals surface area contributed by atoms with Crippen LogP contribution < -0.4 is 0 Å². The molecule has 0 bridgehead atoms. The van der Waals surface area contributed by atoms with Gasteiger partial charge < -0.3 is 4.74 Å². The summed E-state index contributed by atoms with van der Waals surface area (Å²) in [6.07, 6.45) is -2.82. The lowest BCUT2D eigenvalue weighted by Crippen LogP contribution is -2.10. The molecule has 0 aliphatic rings. The van der Waals surface area contributed by atoms with Crippen molar-refractivity contribution in [2.75, 3.05) is 7.11 Å². The summed E-state index contributed by atoms with van der Waals surface area (Å²) in [5.41, 5.74) is -0.808. The van der Waals surface area contributed by atoms with Crippen molar-refractivity contribution < 1.29 is 18.3 Å². The molecule has 0 N–H and O–H groups in total. The molecule has 0 radical (unpaired) electrons. The minimum absolute atomic E-state index is 0.808. The van der Waals surface area contributed by atoms with Crippen LogP contribution in [0.1, 0.15) is 0 Å². The van der Waals surface area contributed by atoms with Gasteiger partial charge in [-0.2, -0.15) is 0 Å². The molecule has 9 heavy (non-hydrogen) atoms. The van der Waals surface area contributed by atoms with Crippen molar-refractivity contribution >= 4 is 5.97 Å². The average molecular weight is 136 g/mol. The number of rotatable bonds is 2. The Morgan fingerprint density at radius 3 is 2.22 bits per heavy atom. The van der Waals surface area contributed by atoms with E-state index in [1.165, 1.54) is 0 Å². The Kier molecular flexibility index (Phi) is 2.84. The van der Waals surface area contributed by atoms with E-state index in [0.29, 0.717) is 0 Å². The third-order valence-corrected chi connectivity index (χ3v) is 0.711. The van der Waals surface area contributed by atoms with Crippen LogP contribution in [0.5, 0.6) is 0 Å². The molecule has 0 unspecified atom stereocenters. The molecule has 0 aliphatic heterocycles. The Labute approximate surface area is 51.1 Å². The van der Waals surface area contributed by atoms with Gasteiger partial charge in [0.15, 0.2) is 0 Å². The topological polar surface area (TPSA) is 26.3 Å². The zero-order valence-corrected chi connectivity index (χ0v) is 4.86. The largest absolute Gasteiger partial charge is 0.466 e. The molecule has 0 fully saturated rings. The van der Waals surface area contributed by atoms with E-state index in [-0.39, 0.29) is 0 Å². The zero-order valence-electron chi connectivity index (χ0n) is 4.86. The molecule has 0 aromatic carbocycles. The van der Waals surface area contributed by atoms with Crippen molar-refractivity contribution in [2.45, 2.75) is 6.43 Å². The highest BCUT2D eigenvalue weighted by Gasteiger charge is 2.16. The van der Waals surface area contributed by atoms with E-state index in [2.05, 4.69) is 11.3 Å². The maximum Gasteiger partial charge on any atom is 0.338 e. The van der Waals surface area contributed by atoms with E-state index < -0.39 is 18.0 Å². The number of hydrogen-bond acceptors (Lipinski definition) is 2. The molecule has 52 valence electrons. The molecular weight excluding hydrogens is 130 g/mol. The molecule has 0 heterocycles. The van der Waals surface area contributed by atoms with Crippen molar-refractivity contribution in [3.8, 4) is 0 Å². The van der Waals surface area contributed by atoms with E-state index in [9.17, 15) is 13.6 Å². The minimum Gasteiger partial charge on any atom is -0.466 e. The standard InChI is InChI=1S/C5H6F2O2/c1-3(4(6)7)5(8)9-2/h4H,1H2,2H3. The van der Waals surface area contributed by atoms with E-state index in [1.54, 1.807) is 0 Å². The van der Waals surface area contributed by atoms with Crippen LogP contribution in [0.3, 0.4) is 0 Å². The molecule has 0 aromatic heterocycles. The number of carbonyl (C=O) groups is 1. The first-order valence-electron chi connectivity index (χ1n) is 2.15. The van der Waals surface area contributed by atoms with Crippen LogP contribution in [0.25, 0.3) is 0 Å². The number of alkyl halides is 2. The molecule has 0 aliphatic carbocycles. The molecule has 0 rings (SSSR count). The summed E-state index contributed by atoms with van der Waals surface area (Å²) in [4.78, 5) is 10.2. The van der Waals surface area contributed by atoms with E-state index in [1.807, 2.05) is 0 Å². The summed E-state index contributed by atoms with van der Waals surface area (Å²) >= 11 is 0. The fourth-order valence-electron chi connectivity index (χ4n) is 0.220. The third-order valence-electron chi connectivity index (χ3n) is 0.711. The molecule has 0 saturated heterocycles. The minimum atomic E-state index is -2.82. The van der Waals surface area contributed by atoms with Gasteiger partial charge in [0, 0.05) is 0 Å². The van der Waals surface area contributed by atoms with Crippen molar-refractivity contribution in [2.24, 2.45) is 0 Å². The molecule has 0 atom stereocenters. The Morgan fingerprint density at radius 2 is 2.11 bits per heavy atom. The first-order chi connectivity index (χ1) is 4.09. The lowest BCUT2D eigenvalue weighted by molar-refractivity contribution is -0.137. The van der Waals surface area contributed by atoms with Crippen LogP contribution in [0.2, 0.25) is 0 Å². The second-order valence-electron chi connectivity index (χ2n) is 1.32. The SMILES string of the molecule is C=C(C(=O)OC)C(F)F. The fraction of sp³-hybridized carbons (Fsp3) is 0.400. The highest BCUT2D eigenvalue weighted by molar-refractivity contribution is 5.88. The average Bonchev–Trinajstić information content (AvgIpc) is 1.84. The van der Waals surface area contributed by atoms with Crippen LogP contribution in [0.15, 0.2) is 12.2 Å². The van der Waals surface area contributed by atoms with Gasteiger partial charge in [-0.25, -0.2) is 13.6 Å². The normalized spacial score (nSPS) is 9.33. The first-order valence-corrected chi connectivity index (χ1v) is 2.15. The second kappa shape index (κ2) is 3.17. The molecule has 2 nitrogen and oxygen atoms in total. The molecule has 0 amide bonds. The smallest absolute Gasteiger partial charge is 0.338 e. The van der Waals surface area contributed by atoms with Crippen molar-refractivity contribution in [3.63, 3.8) is 0 Å². The van der Waals surface area contributed by atoms with Crippen LogP contribution in [0.4, 0.5) is 8.78 Å². The molecule has 0 saturated carbocycles. The molecule has 0 aromatic rings. The lowest BCUT2D eigenvalue weighted by atomic mass is 10.3. The summed E-state index contributed by atoms with van der Waals surface area (Å²) in [5.74, 6) is -1.06. The Morgan fingerprint density at radius 1 is 1.67 bits per heavy atom. The van der Waals surface area contributed by atoms with Crippen molar-refractivity contribution in [1.29, 1.82) is 0 Å². The number of methoxy groups -OCH3 is 1. The number of carbonyl (C=O) groups excluding carboxylic acids is 1. The van der Waals surface area contributed by atoms with Gasteiger partial charge in [0.05, 0.1) is 12.7 Å². The van der Waals surface area contributed by atoms with Gasteiger partial charge >= 0.3 is 5.97 Å². The predicted molar refractivity (Wildman–Crippen MR) is 27.2 cm³/mol. The van der Waals surface area contributed by atoms with Crippen LogP contribution in [0, 0.1) is 0 Å². The zero-order chi connectivity index (χ0) is 7.44. The fourth-order valence-corrected chi connectivity index (χ4v) is 0.220. The van der Waals surface area contributed by atoms with Crippen LogP contribution >= 0.6 is 0 Å². The van der Waals surface area contributed by atoms with Gasteiger partial charge in [0.1, 0.15) is 0 Å². The van der Waals surface area contributed by atoms with Gasteiger partial charge in [0.2, 0.25) is 0 Å². The lowest BCUT2D eigenvalue weighted by Gasteiger charge is -1.98. The monoisotopic (exact) mass is 136 g/mol. The Bertz CT molecular complexity index is 131. The summed E-state index contributed by atoms with van der Waals surface area (Å²) in [7, 11) is 1.02. The van der Waals surface area contributed by atoms with E-state index in [0.717, 1.165) is 7.11 Å². The highest BCUT2D eigenvalue weighted by Crippen LogP contribution is 2.06. The molecule has 0 spiro atoms.